The largest absolute Gasteiger partial charge is 0.497 e. The fourth-order valence-corrected chi connectivity index (χ4v) is 2.73. The number of halogens is 1. The van der Waals surface area contributed by atoms with Crippen LogP contribution in [0.25, 0.3) is 0 Å². The summed E-state index contributed by atoms with van der Waals surface area (Å²) in [6.07, 6.45) is -0.161. The molecule has 0 radical (unpaired) electrons. The van der Waals surface area contributed by atoms with Gasteiger partial charge >= 0.3 is 0 Å². The lowest BCUT2D eigenvalue weighted by atomic mass is 9.93. The zero-order chi connectivity index (χ0) is 14.3. The first-order valence-electron chi connectivity index (χ1n) is 6.63. The second-order valence-electron chi connectivity index (χ2n) is 5.51. The van der Waals surface area contributed by atoms with Crippen LogP contribution < -0.4 is 4.74 Å². The Balaban J connectivity index is 2.04. The highest BCUT2D eigenvalue weighted by Gasteiger charge is 2.38. The molecule has 1 heterocycles. The van der Waals surface area contributed by atoms with Crippen molar-refractivity contribution >= 4 is 0 Å². The van der Waals surface area contributed by atoms with Crippen molar-refractivity contribution < 1.29 is 13.9 Å². The molecule has 1 aliphatic heterocycles. The molecule has 2 aromatic carbocycles. The second-order valence-corrected chi connectivity index (χ2v) is 5.51. The lowest BCUT2D eigenvalue weighted by Crippen LogP contribution is -2.16. The third-order valence-corrected chi connectivity index (χ3v) is 3.78. The number of hydrogen-bond acceptors (Lipinski definition) is 2. The predicted octanol–water partition coefficient (Wildman–Crippen LogP) is 4.19. The van der Waals surface area contributed by atoms with E-state index in [1.165, 1.54) is 6.07 Å². The summed E-state index contributed by atoms with van der Waals surface area (Å²) in [5, 5.41) is 0. The van der Waals surface area contributed by atoms with Gasteiger partial charge in [-0.15, -0.1) is 0 Å². The molecule has 0 aromatic heterocycles. The number of rotatable bonds is 2. The summed E-state index contributed by atoms with van der Waals surface area (Å²) in [6, 6.07) is 12.7. The first-order chi connectivity index (χ1) is 9.51. The van der Waals surface area contributed by atoms with Gasteiger partial charge in [-0.05, 0) is 54.8 Å². The number of hydrogen-bond donors (Lipinski definition) is 0. The standard InChI is InChI=1S/C17H17FO2/c1-17(2)15-10-12(18)6-9-14(15)16(20-17)11-4-7-13(19-3)8-5-11/h4-10,16H,1-3H3/t16-/m1/s1. The molecule has 2 nitrogen and oxygen atoms in total. The van der Waals surface area contributed by atoms with Crippen LogP contribution in [0.2, 0.25) is 0 Å². The summed E-state index contributed by atoms with van der Waals surface area (Å²) in [6.45, 7) is 3.93. The highest BCUT2D eigenvalue weighted by molar-refractivity contribution is 5.44. The van der Waals surface area contributed by atoms with Gasteiger partial charge < -0.3 is 9.47 Å². The number of ether oxygens (including phenoxy) is 2. The molecule has 3 heteroatoms. The van der Waals surface area contributed by atoms with Crippen LogP contribution in [0.5, 0.6) is 5.75 Å². The highest BCUT2D eigenvalue weighted by Crippen LogP contribution is 2.46. The Kier molecular flexibility index (Phi) is 3.02. The van der Waals surface area contributed by atoms with E-state index in [9.17, 15) is 4.39 Å². The topological polar surface area (TPSA) is 18.5 Å². The minimum atomic E-state index is -0.484. The van der Waals surface area contributed by atoms with Crippen LogP contribution in [-0.4, -0.2) is 7.11 Å². The molecular formula is C17H17FO2. The fraction of sp³-hybridized carbons (Fsp3) is 0.294. The Bertz CT molecular complexity index is 632. The van der Waals surface area contributed by atoms with Gasteiger partial charge in [-0.1, -0.05) is 18.2 Å². The van der Waals surface area contributed by atoms with E-state index in [0.717, 1.165) is 22.4 Å². The minimum Gasteiger partial charge on any atom is -0.497 e. The first kappa shape index (κ1) is 13.1. The van der Waals surface area contributed by atoms with Gasteiger partial charge in [-0.3, -0.25) is 0 Å². The molecule has 0 unspecified atom stereocenters. The van der Waals surface area contributed by atoms with E-state index in [1.54, 1.807) is 13.2 Å². The molecule has 0 saturated carbocycles. The molecule has 104 valence electrons. The Morgan fingerprint density at radius 2 is 1.80 bits per heavy atom. The Morgan fingerprint density at radius 3 is 2.45 bits per heavy atom. The van der Waals surface area contributed by atoms with Gasteiger partial charge in [0, 0.05) is 0 Å². The third kappa shape index (κ3) is 2.08. The summed E-state index contributed by atoms with van der Waals surface area (Å²) in [5.74, 6) is 0.584. The van der Waals surface area contributed by atoms with Crippen LogP contribution in [0.3, 0.4) is 0 Å². The predicted molar refractivity (Wildman–Crippen MR) is 75.3 cm³/mol. The van der Waals surface area contributed by atoms with Crippen LogP contribution in [0.4, 0.5) is 4.39 Å². The summed E-state index contributed by atoms with van der Waals surface area (Å²) in [5.41, 5.74) is 2.51. The minimum absolute atomic E-state index is 0.161. The second kappa shape index (κ2) is 4.60. The first-order valence-corrected chi connectivity index (χ1v) is 6.63. The molecule has 2 aromatic rings. The van der Waals surface area contributed by atoms with E-state index in [4.69, 9.17) is 9.47 Å². The van der Waals surface area contributed by atoms with Gasteiger partial charge in [-0.2, -0.15) is 0 Å². The quantitative estimate of drug-likeness (QED) is 0.816. The highest BCUT2D eigenvalue weighted by atomic mass is 19.1. The van der Waals surface area contributed by atoms with Crippen LogP contribution in [0.1, 0.15) is 36.6 Å². The van der Waals surface area contributed by atoms with Crippen molar-refractivity contribution in [2.45, 2.75) is 25.6 Å². The Labute approximate surface area is 118 Å². The lowest BCUT2D eigenvalue weighted by molar-refractivity contribution is -0.0341. The van der Waals surface area contributed by atoms with E-state index in [2.05, 4.69) is 0 Å². The van der Waals surface area contributed by atoms with E-state index in [0.29, 0.717) is 0 Å². The summed E-state index contributed by atoms with van der Waals surface area (Å²) in [7, 11) is 1.64. The summed E-state index contributed by atoms with van der Waals surface area (Å²) >= 11 is 0. The number of fused-ring (bicyclic) bond motifs is 1. The van der Waals surface area contributed by atoms with Crippen molar-refractivity contribution in [3.8, 4) is 5.75 Å². The van der Waals surface area contributed by atoms with Crippen molar-refractivity contribution in [2.24, 2.45) is 0 Å². The average molecular weight is 272 g/mol. The normalized spacial score (nSPS) is 19.7. The molecule has 0 spiro atoms. The molecule has 0 N–H and O–H groups in total. The van der Waals surface area contributed by atoms with Crippen molar-refractivity contribution in [3.63, 3.8) is 0 Å². The zero-order valence-corrected chi connectivity index (χ0v) is 11.8. The van der Waals surface area contributed by atoms with Crippen LogP contribution in [-0.2, 0) is 10.3 Å². The molecule has 0 amide bonds. The van der Waals surface area contributed by atoms with Gasteiger partial charge in [0.2, 0.25) is 0 Å². The van der Waals surface area contributed by atoms with Crippen molar-refractivity contribution in [1.29, 1.82) is 0 Å². The summed E-state index contributed by atoms with van der Waals surface area (Å²) < 4.78 is 24.8. The van der Waals surface area contributed by atoms with Gasteiger partial charge in [-0.25, -0.2) is 4.39 Å². The van der Waals surface area contributed by atoms with Gasteiger partial charge in [0.05, 0.1) is 12.7 Å². The molecule has 3 rings (SSSR count). The van der Waals surface area contributed by atoms with E-state index in [-0.39, 0.29) is 11.9 Å². The van der Waals surface area contributed by atoms with Crippen molar-refractivity contribution in [1.82, 2.24) is 0 Å². The maximum Gasteiger partial charge on any atom is 0.123 e. The van der Waals surface area contributed by atoms with Crippen LogP contribution in [0, 0.1) is 5.82 Å². The third-order valence-electron chi connectivity index (χ3n) is 3.78. The maximum atomic E-state index is 13.5. The Morgan fingerprint density at radius 1 is 1.10 bits per heavy atom. The lowest BCUT2D eigenvalue weighted by Gasteiger charge is -2.20. The molecule has 0 aliphatic carbocycles. The van der Waals surface area contributed by atoms with Crippen LogP contribution in [0.15, 0.2) is 42.5 Å². The van der Waals surface area contributed by atoms with Gasteiger partial charge in [0.25, 0.3) is 0 Å². The monoisotopic (exact) mass is 272 g/mol. The van der Waals surface area contributed by atoms with Gasteiger partial charge in [0.15, 0.2) is 0 Å². The molecule has 20 heavy (non-hydrogen) atoms. The fourth-order valence-electron chi connectivity index (χ4n) is 2.73. The molecule has 0 fully saturated rings. The molecule has 0 bridgehead atoms. The van der Waals surface area contributed by atoms with E-state index < -0.39 is 5.60 Å². The zero-order valence-electron chi connectivity index (χ0n) is 11.8. The Hall–Kier alpha value is -1.87. The SMILES string of the molecule is COc1ccc([C@H]2OC(C)(C)c3cc(F)ccc32)cc1. The van der Waals surface area contributed by atoms with Crippen LogP contribution >= 0.6 is 0 Å². The van der Waals surface area contributed by atoms with Crippen molar-refractivity contribution in [2.75, 3.05) is 7.11 Å². The average Bonchev–Trinajstić information content (AvgIpc) is 2.71. The smallest absolute Gasteiger partial charge is 0.123 e. The number of benzene rings is 2. The van der Waals surface area contributed by atoms with Crippen molar-refractivity contribution in [3.05, 3.63) is 65.0 Å². The van der Waals surface area contributed by atoms with E-state index in [1.807, 2.05) is 44.2 Å². The molecule has 1 aliphatic rings. The summed E-state index contributed by atoms with van der Waals surface area (Å²) in [4.78, 5) is 0. The maximum absolute atomic E-state index is 13.5. The molecular weight excluding hydrogens is 255 g/mol. The van der Waals surface area contributed by atoms with Gasteiger partial charge in [0.1, 0.15) is 17.7 Å². The number of methoxy groups -OCH3 is 1. The molecule has 1 atom stereocenters. The molecule has 0 saturated heterocycles. The van der Waals surface area contributed by atoms with E-state index >= 15 is 0 Å².